The van der Waals surface area contributed by atoms with Crippen LogP contribution in [0.4, 0.5) is 4.39 Å². The molecule has 1 N–H and O–H groups in total. The second-order valence-corrected chi connectivity index (χ2v) is 7.94. The van der Waals surface area contributed by atoms with E-state index in [1.165, 1.54) is 18.2 Å². The van der Waals surface area contributed by atoms with Crippen molar-refractivity contribution in [3.05, 3.63) is 71.7 Å². The van der Waals surface area contributed by atoms with Gasteiger partial charge in [0.25, 0.3) is 0 Å². The summed E-state index contributed by atoms with van der Waals surface area (Å²) in [5.41, 5.74) is 4.30. The number of aliphatic hydroxyl groups is 1. The molecule has 0 spiro atoms. The van der Waals surface area contributed by atoms with Crippen molar-refractivity contribution < 1.29 is 24.5 Å². The topological polar surface area (TPSA) is 96.3 Å². The molecule has 0 saturated heterocycles. The molecule has 1 aromatic heterocycles. The molecular formula is C25H22CaFNO4. The van der Waals surface area contributed by atoms with Crippen LogP contribution in [0.25, 0.3) is 28.1 Å². The van der Waals surface area contributed by atoms with Crippen LogP contribution >= 0.6 is 0 Å². The second-order valence-electron chi connectivity index (χ2n) is 7.94. The first-order chi connectivity index (χ1) is 14.9. The van der Waals surface area contributed by atoms with Gasteiger partial charge in [0.1, 0.15) is 5.82 Å². The first-order valence-corrected chi connectivity index (χ1v) is 10.3. The Bertz CT molecular complexity index is 1130. The summed E-state index contributed by atoms with van der Waals surface area (Å²) in [7, 11) is 0. The molecule has 1 saturated carbocycles. The molecule has 7 heteroatoms. The van der Waals surface area contributed by atoms with Crippen LogP contribution in [0, 0.1) is 5.82 Å². The van der Waals surface area contributed by atoms with Crippen molar-refractivity contribution in [1.82, 2.24) is 4.98 Å². The smallest absolute Gasteiger partial charge is 0.852 e. The number of fused-ring (bicyclic) bond motifs is 1. The number of nitrogens with zero attached hydrogens (tertiary/aromatic N) is 1. The molecule has 0 radical (unpaired) electrons. The van der Waals surface area contributed by atoms with Gasteiger partial charge in [0, 0.05) is 28.4 Å². The Hall–Kier alpha value is -1.83. The number of hydrogen-bond acceptors (Lipinski definition) is 5. The number of aliphatic hydroxyl groups excluding tert-OH is 1. The zero-order valence-corrected chi connectivity index (χ0v) is 19.7. The summed E-state index contributed by atoms with van der Waals surface area (Å²) in [5.74, 6) is -1.44. The molecule has 1 aliphatic carbocycles. The monoisotopic (exact) mass is 459 g/mol. The summed E-state index contributed by atoms with van der Waals surface area (Å²) in [6.45, 7) is 0. The minimum atomic E-state index is -1.45. The maximum Gasteiger partial charge on any atom is 2.00 e. The van der Waals surface area contributed by atoms with Gasteiger partial charge in [-0.2, -0.15) is 0 Å². The molecule has 0 amide bonds. The molecule has 2 atom stereocenters. The fraction of sp³-hybridized carbons (Fsp3) is 0.280. The van der Waals surface area contributed by atoms with Gasteiger partial charge >= 0.3 is 37.7 Å². The molecule has 1 aliphatic rings. The number of para-hydroxylation sites is 1. The average Bonchev–Trinajstić information content (AvgIpc) is 3.56. The van der Waals surface area contributed by atoms with Crippen molar-refractivity contribution in [2.75, 3.05) is 0 Å². The molecular weight excluding hydrogens is 437 g/mol. The number of carbonyl (C=O) groups is 1. The van der Waals surface area contributed by atoms with E-state index in [4.69, 9.17) is 4.98 Å². The second kappa shape index (κ2) is 10.9. The van der Waals surface area contributed by atoms with Crippen LogP contribution in [-0.4, -0.2) is 66.0 Å². The van der Waals surface area contributed by atoms with E-state index < -0.39 is 24.6 Å². The van der Waals surface area contributed by atoms with Crippen LogP contribution in [0.3, 0.4) is 0 Å². The summed E-state index contributed by atoms with van der Waals surface area (Å²) in [6.07, 6.45) is 1.89. The molecule has 1 fully saturated rings. The normalized spacial score (nSPS) is 15.5. The van der Waals surface area contributed by atoms with E-state index in [-0.39, 0.29) is 50.0 Å². The van der Waals surface area contributed by atoms with Gasteiger partial charge in [-0.15, -0.1) is 6.10 Å². The predicted octanol–water partition coefficient (Wildman–Crippen LogP) is 2.17. The van der Waals surface area contributed by atoms with Crippen LogP contribution in [0.15, 0.2) is 54.6 Å². The van der Waals surface area contributed by atoms with Crippen molar-refractivity contribution in [2.24, 2.45) is 0 Å². The Labute approximate surface area is 215 Å². The maximum absolute atomic E-state index is 13.6. The molecule has 160 valence electrons. The van der Waals surface area contributed by atoms with E-state index >= 15 is 0 Å². The van der Waals surface area contributed by atoms with Crippen LogP contribution in [0.1, 0.15) is 42.9 Å². The summed E-state index contributed by atoms with van der Waals surface area (Å²) in [4.78, 5) is 15.5. The Balaban J connectivity index is 0.00000289. The van der Waals surface area contributed by atoms with Crippen LogP contribution in [-0.2, 0) is 4.79 Å². The molecule has 0 bridgehead atoms. The molecule has 1 heterocycles. The number of carboxylic acids is 1. The Morgan fingerprint density at radius 1 is 1.19 bits per heavy atom. The van der Waals surface area contributed by atoms with E-state index in [2.05, 4.69) is 0 Å². The predicted molar refractivity (Wildman–Crippen MR) is 118 cm³/mol. The molecule has 0 unspecified atom stereocenters. The van der Waals surface area contributed by atoms with E-state index in [1.807, 2.05) is 24.3 Å². The number of pyridine rings is 1. The van der Waals surface area contributed by atoms with Crippen molar-refractivity contribution in [2.45, 2.75) is 43.8 Å². The zero-order chi connectivity index (χ0) is 22.0. The van der Waals surface area contributed by atoms with Gasteiger partial charge < -0.3 is 20.1 Å². The first kappa shape index (κ1) is 24.8. The standard InChI is InChI=1S/C25H23FNO4.Ca/c26-17-9-7-15(8-10-17)24-20-3-1-2-4-22(20)27-25(16-5-6-16)21(24)12-11-18(28)13-19(29)14-23(30)31;/h1-4,7-12,16,18-19,28H,5-6,13-14H2,(H,30,31);/q-1;+2/p-1/b12-11+;/t18-,19-;/m1./s1. The number of aliphatic carboxylic acids is 1. The summed E-state index contributed by atoms with van der Waals surface area (Å²) < 4.78 is 13.6. The van der Waals surface area contributed by atoms with Crippen molar-refractivity contribution >= 4 is 60.7 Å². The fourth-order valence-corrected chi connectivity index (χ4v) is 3.83. The molecule has 32 heavy (non-hydrogen) atoms. The number of rotatable bonds is 8. The van der Waals surface area contributed by atoms with Gasteiger partial charge in [-0.3, -0.25) is 4.98 Å². The number of carbonyl (C=O) groups excluding carboxylic acids is 1. The van der Waals surface area contributed by atoms with Crippen LogP contribution in [0.5, 0.6) is 0 Å². The number of carboxylic acid groups (broad SMARTS) is 1. The first-order valence-electron chi connectivity index (χ1n) is 10.3. The van der Waals surface area contributed by atoms with Gasteiger partial charge in [0.05, 0.1) is 17.3 Å². The minimum Gasteiger partial charge on any atom is -0.852 e. The van der Waals surface area contributed by atoms with Crippen molar-refractivity contribution in [3.8, 4) is 11.1 Å². The van der Waals surface area contributed by atoms with Gasteiger partial charge in [-0.25, -0.2) is 4.39 Å². The number of hydrogen-bond donors (Lipinski definition) is 1. The molecule has 2 aromatic carbocycles. The molecule has 3 aromatic rings. The van der Waals surface area contributed by atoms with E-state index in [1.54, 1.807) is 18.2 Å². The van der Waals surface area contributed by atoms with Gasteiger partial charge in [-0.1, -0.05) is 42.5 Å². The van der Waals surface area contributed by atoms with E-state index in [0.29, 0.717) is 5.92 Å². The maximum atomic E-state index is 13.6. The average molecular weight is 460 g/mol. The third-order valence-corrected chi connectivity index (χ3v) is 5.44. The van der Waals surface area contributed by atoms with Crippen molar-refractivity contribution in [3.63, 3.8) is 0 Å². The molecule has 0 aliphatic heterocycles. The van der Waals surface area contributed by atoms with Crippen molar-refractivity contribution in [1.29, 1.82) is 0 Å². The van der Waals surface area contributed by atoms with Gasteiger partial charge in [0.2, 0.25) is 0 Å². The van der Waals surface area contributed by atoms with Gasteiger partial charge in [0.15, 0.2) is 0 Å². The zero-order valence-electron chi connectivity index (χ0n) is 17.5. The van der Waals surface area contributed by atoms with Gasteiger partial charge in [-0.05, 0) is 49.4 Å². The SMILES string of the molecule is O=C([O-])C[C@H]([O-])C[C@H](O)/C=C/c1c(C2CC2)nc2ccccc2c1-c1ccc(F)cc1.[Ca+2]. The quantitative estimate of drug-likeness (QED) is 0.521. The Morgan fingerprint density at radius 2 is 1.88 bits per heavy atom. The third kappa shape index (κ3) is 5.94. The summed E-state index contributed by atoms with van der Waals surface area (Å²) in [5, 5.41) is 33.6. The number of aromatic nitrogens is 1. The van der Waals surface area contributed by atoms with Crippen LogP contribution in [0.2, 0.25) is 0 Å². The molecule has 4 rings (SSSR count). The number of benzene rings is 2. The largest absolute Gasteiger partial charge is 2.00 e. The van der Waals surface area contributed by atoms with E-state index in [9.17, 15) is 24.5 Å². The Kier molecular flexibility index (Phi) is 8.42. The summed E-state index contributed by atoms with van der Waals surface area (Å²) in [6, 6.07) is 14.0. The fourth-order valence-electron chi connectivity index (χ4n) is 3.83. The number of halogens is 1. The van der Waals surface area contributed by atoms with E-state index in [0.717, 1.165) is 46.1 Å². The minimum absolute atomic E-state index is 0. The molecule has 5 nitrogen and oxygen atoms in total. The summed E-state index contributed by atoms with van der Waals surface area (Å²) >= 11 is 0. The third-order valence-electron chi connectivity index (χ3n) is 5.44. The Morgan fingerprint density at radius 3 is 2.53 bits per heavy atom. The van der Waals surface area contributed by atoms with Crippen LogP contribution < -0.4 is 10.2 Å².